The van der Waals surface area contributed by atoms with E-state index < -0.39 is 11.7 Å². The average Bonchev–Trinajstić information content (AvgIpc) is 2.73. The molecule has 2 aliphatic heterocycles. The summed E-state index contributed by atoms with van der Waals surface area (Å²) in [6.07, 6.45) is 1.91. The second-order valence-corrected chi connectivity index (χ2v) is 8.08. The van der Waals surface area contributed by atoms with Crippen LogP contribution in [0.25, 0.3) is 0 Å². The van der Waals surface area contributed by atoms with E-state index in [0.29, 0.717) is 25.7 Å². The Kier molecular flexibility index (Phi) is 5.23. The number of hydrogen-bond donors (Lipinski definition) is 3. The SMILES string of the molecule is CC(C(O)c1ccc2c(c1)CCC(=O)N2)N1CCC(O)(c2ccccc2)CC1. The van der Waals surface area contributed by atoms with E-state index in [1.54, 1.807) is 0 Å². The number of benzene rings is 2. The molecule has 3 N–H and O–H groups in total. The van der Waals surface area contributed by atoms with E-state index in [4.69, 9.17) is 0 Å². The first-order valence-corrected chi connectivity index (χ1v) is 10.1. The van der Waals surface area contributed by atoms with Crippen LogP contribution in [0.1, 0.15) is 49.0 Å². The third kappa shape index (κ3) is 3.70. The van der Waals surface area contributed by atoms with Crippen molar-refractivity contribution in [2.24, 2.45) is 0 Å². The van der Waals surface area contributed by atoms with E-state index in [1.807, 2.05) is 55.5 Å². The number of aryl methyl sites for hydroxylation is 1. The third-order valence-corrected chi connectivity index (χ3v) is 6.34. The van der Waals surface area contributed by atoms with Gasteiger partial charge in [-0.05, 0) is 48.9 Å². The van der Waals surface area contributed by atoms with Crippen LogP contribution in [0, 0.1) is 0 Å². The molecule has 0 spiro atoms. The smallest absolute Gasteiger partial charge is 0.224 e. The van der Waals surface area contributed by atoms with Gasteiger partial charge in [-0.2, -0.15) is 0 Å². The normalized spacial score (nSPS) is 21.5. The van der Waals surface area contributed by atoms with Gasteiger partial charge in [-0.1, -0.05) is 42.5 Å². The Hall–Kier alpha value is -2.21. The summed E-state index contributed by atoms with van der Waals surface area (Å²) in [6, 6.07) is 15.6. The summed E-state index contributed by atoms with van der Waals surface area (Å²) in [6.45, 7) is 3.52. The number of nitrogens with one attached hydrogen (secondary N) is 1. The van der Waals surface area contributed by atoms with Crippen molar-refractivity contribution < 1.29 is 15.0 Å². The number of carbonyl (C=O) groups is 1. The minimum Gasteiger partial charge on any atom is -0.387 e. The number of hydrogen-bond acceptors (Lipinski definition) is 4. The lowest BCUT2D eigenvalue weighted by atomic mass is 9.83. The topological polar surface area (TPSA) is 72.8 Å². The Balaban J connectivity index is 1.43. The van der Waals surface area contributed by atoms with Crippen molar-refractivity contribution in [3.63, 3.8) is 0 Å². The predicted octanol–water partition coefficient (Wildman–Crippen LogP) is 2.98. The number of rotatable bonds is 4. The maximum atomic E-state index is 11.5. The van der Waals surface area contributed by atoms with Crippen LogP contribution in [0.2, 0.25) is 0 Å². The van der Waals surface area contributed by atoms with Gasteiger partial charge in [0.1, 0.15) is 0 Å². The minimum absolute atomic E-state index is 0.0449. The van der Waals surface area contributed by atoms with E-state index in [9.17, 15) is 15.0 Å². The van der Waals surface area contributed by atoms with Gasteiger partial charge in [0.15, 0.2) is 0 Å². The monoisotopic (exact) mass is 380 g/mol. The molecular formula is C23H28N2O3. The summed E-state index contributed by atoms with van der Waals surface area (Å²) in [5, 5.41) is 24.9. The van der Waals surface area contributed by atoms with Crippen LogP contribution in [0.5, 0.6) is 0 Å². The van der Waals surface area contributed by atoms with Gasteiger partial charge in [-0.3, -0.25) is 9.69 Å². The maximum absolute atomic E-state index is 11.5. The van der Waals surface area contributed by atoms with E-state index in [1.165, 1.54) is 0 Å². The number of fused-ring (bicyclic) bond motifs is 1. The van der Waals surface area contributed by atoms with Gasteiger partial charge >= 0.3 is 0 Å². The van der Waals surface area contributed by atoms with Gasteiger partial charge in [0, 0.05) is 31.2 Å². The zero-order chi connectivity index (χ0) is 19.7. The van der Waals surface area contributed by atoms with E-state index >= 15 is 0 Å². The average molecular weight is 380 g/mol. The molecule has 2 aromatic rings. The van der Waals surface area contributed by atoms with Crippen molar-refractivity contribution in [1.29, 1.82) is 0 Å². The molecule has 2 unspecified atom stereocenters. The predicted molar refractivity (Wildman–Crippen MR) is 109 cm³/mol. The molecule has 2 aromatic carbocycles. The highest BCUT2D eigenvalue weighted by Gasteiger charge is 2.36. The highest BCUT2D eigenvalue weighted by Crippen LogP contribution is 2.35. The zero-order valence-corrected chi connectivity index (χ0v) is 16.3. The van der Waals surface area contributed by atoms with Crippen LogP contribution in [0.15, 0.2) is 48.5 Å². The highest BCUT2D eigenvalue weighted by molar-refractivity contribution is 5.93. The maximum Gasteiger partial charge on any atom is 0.224 e. The number of anilines is 1. The molecule has 4 rings (SSSR count). The number of likely N-dealkylation sites (tertiary alicyclic amines) is 1. The zero-order valence-electron chi connectivity index (χ0n) is 16.3. The number of aliphatic hydroxyl groups is 2. The molecule has 1 amide bonds. The van der Waals surface area contributed by atoms with Gasteiger partial charge in [0.25, 0.3) is 0 Å². The molecular weight excluding hydrogens is 352 g/mol. The lowest BCUT2D eigenvalue weighted by Gasteiger charge is -2.42. The number of piperidine rings is 1. The van der Waals surface area contributed by atoms with Crippen LogP contribution in [0.4, 0.5) is 5.69 Å². The van der Waals surface area contributed by atoms with Crippen molar-refractivity contribution in [1.82, 2.24) is 4.90 Å². The van der Waals surface area contributed by atoms with Gasteiger partial charge in [0.05, 0.1) is 11.7 Å². The van der Waals surface area contributed by atoms with Gasteiger partial charge < -0.3 is 15.5 Å². The van der Waals surface area contributed by atoms with Crippen molar-refractivity contribution in [3.8, 4) is 0 Å². The molecule has 0 radical (unpaired) electrons. The summed E-state index contributed by atoms with van der Waals surface area (Å²) >= 11 is 0. The molecule has 0 aliphatic carbocycles. The number of nitrogens with zero attached hydrogens (tertiary/aromatic N) is 1. The molecule has 2 atom stereocenters. The Morgan fingerprint density at radius 1 is 1.07 bits per heavy atom. The molecule has 1 saturated heterocycles. The fraction of sp³-hybridized carbons (Fsp3) is 0.435. The first-order chi connectivity index (χ1) is 13.5. The van der Waals surface area contributed by atoms with E-state index in [0.717, 1.165) is 35.5 Å². The van der Waals surface area contributed by atoms with Crippen LogP contribution < -0.4 is 5.32 Å². The molecule has 1 fully saturated rings. The van der Waals surface area contributed by atoms with Gasteiger partial charge in [0.2, 0.25) is 5.91 Å². The second kappa shape index (κ2) is 7.66. The van der Waals surface area contributed by atoms with Crippen molar-refractivity contribution in [2.75, 3.05) is 18.4 Å². The van der Waals surface area contributed by atoms with Crippen LogP contribution in [-0.4, -0.2) is 40.2 Å². The Morgan fingerprint density at radius 2 is 1.79 bits per heavy atom. The van der Waals surface area contributed by atoms with Gasteiger partial charge in [-0.25, -0.2) is 0 Å². The van der Waals surface area contributed by atoms with Crippen molar-refractivity contribution in [3.05, 3.63) is 65.2 Å². The van der Waals surface area contributed by atoms with Crippen molar-refractivity contribution in [2.45, 2.75) is 50.4 Å². The first-order valence-electron chi connectivity index (χ1n) is 10.1. The molecule has 2 heterocycles. The molecule has 0 aromatic heterocycles. The number of carbonyl (C=O) groups excluding carboxylic acids is 1. The fourth-order valence-electron chi connectivity index (χ4n) is 4.40. The Bertz CT molecular complexity index is 844. The molecule has 0 bridgehead atoms. The standard InChI is InChI=1S/C23H28N2O3/c1-16(22(27)18-7-9-20-17(15-18)8-10-21(26)24-20)25-13-11-23(28,12-14-25)19-5-3-2-4-6-19/h2-7,9,15-16,22,27-28H,8,10-14H2,1H3,(H,24,26). The van der Waals surface area contributed by atoms with Crippen molar-refractivity contribution >= 4 is 11.6 Å². The Labute approximate surface area is 166 Å². The number of amides is 1. The molecule has 5 nitrogen and oxygen atoms in total. The molecule has 148 valence electrons. The largest absolute Gasteiger partial charge is 0.387 e. The summed E-state index contributed by atoms with van der Waals surface area (Å²) in [5.74, 6) is 0.0494. The Morgan fingerprint density at radius 3 is 2.50 bits per heavy atom. The molecule has 2 aliphatic rings. The molecule has 0 saturated carbocycles. The summed E-state index contributed by atoms with van der Waals surface area (Å²) in [4.78, 5) is 13.8. The summed E-state index contributed by atoms with van der Waals surface area (Å²) in [5.41, 5.74) is 3.00. The van der Waals surface area contributed by atoms with Crippen LogP contribution in [0.3, 0.4) is 0 Å². The number of aliphatic hydroxyl groups excluding tert-OH is 1. The first kappa shape index (κ1) is 19.1. The summed E-state index contributed by atoms with van der Waals surface area (Å²) in [7, 11) is 0. The second-order valence-electron chi connectivity index (χ2n) is 8.08. The minimum atomic E-state index is -0.785. The lowest BCUT2D eigenvalue weighted by molar-refractivity contribution is -0.116. The quantitative estimate of drug-likeness (QED) is 0.763. The van der Waals surface area contributed by atoms with E-state index in [2.05, 4.69) is 10.2 Å². The van der Waals surface area contributed by atoms with Crippen LogP contribution >= 0.6 is 0 Å². The molecule has 28 heavy (non-hydrogen) atoms. The van der Waals surface area contributed by atoms with Crippen LogP contribution in [-0.2, 0) is 16.8 Å². The van der Waals surface area contributed by atoms with Gasteiger partial charge in [-0.15, -0.1) is 0 Å². The molecule has 5 heteroatoms. The highest BCUT2D eigenvalue weighted by atomic mass is 16.3. The van der Waals surface area contributed by atoms with E-state index in [-0.39, 0.29) is 11.9 Å². The summed E-state index contributed by atoms with van der Waals surface area (Å²) < 4.78 is 0. The third-order valence-electron chi connectivity index (χ3n) is 6.34. The lowest BCUT2D eigenvalue weighted by Crippen LogP contribution is -2.47. The fourth-order valence-corrected chi connectivity index (χ4v) is 4.40.